The molecule has 1 aliphatic rings. The van der Waals surface area contributed by atoms with Gasteiger partial charge in [-0.1, -0.05) is 23.2 Å². The summed E-state index contributed by atoms with van der Waals surface area (Å²) in [7, 11) is 0. The summed E-state index contributed by atoms with van der Waals surface area (Å²) in [6.45, 7) is 1.05. The molecule has 0 radical (unpaired) electrons. The molecule has 0 spiro atoms. The molecule has 0 saturated heterocycles. The Morgan fingerprint density at radius 3 is 2.88 bits per heavy atom. The number of hydrogen-bond acceptors (Lipinski definition) is 4. The highest BCUT2D eigenvalue weighted by molar-refractivity contribution is 6.42. The molecular weight excluding hydrogens is 263 g/mol. The van der Waals surface area contributed by atoms with Gasteiger partial charge in [0.1, 0.15) is 12.4 Å². The van der Waals surface area contributed by atoms with Gasteiger partial charge in [0.15, 0.2) is 0 Å². The van der Waals surface area contributed by atoms with Crippen LogP contribution in [0, 0.1) is 0 Å². The predicted molar refractivity (Wildman–Crippen MR) is 67.9 cm³/mol. The highest BCUT2D eigenvalue weighted by Gasteiger charge is 2.16. The molecule has 0 amide bonds. The van der Waals surface area contributed by atoms with E-state index in [0.29, 0.717) is 29.0 Å². The van der Waals surface area contributed by atoms with Gasteiger partial charge in [-0.15, -0.1) is 0 Å². The topological polar surface area (TPSA) is 56.8 Å². The molecule has 0 saturated carbocycles. The van der Waals surface area contributed by atoms with Gasteiger partial charge in [-0.05, 0) is 12.1 Å². The molecule has 2 rings (SSSR count). The van der Waals surface area contributed by atoms with Crippen LogP contribution in [0.2, 0.25) is 10.0 Å². The van der Waals surface area contributed by atoms with Crippen LogP contribution in [0.1, 0.15) is 6.42 Å². The van der Waals surface area contributed by atoms with Crippen molar-refractivity contribution in [3.05, 3.63) is 28.2 Å². The molecule has 92 valence electrons. The van der Waals surface area contributed by atoms with E-state index in [-0.39, 0.29) is 12.1 Å². The van der Waals surface area contributed by atoms with E-state index in [2.05, 4.69) is 4.99 Å². The molecule has 1 unspecified atom stereocenters. The second kappa shape index (κ2) is 5.47. The van der Waals surface area contributed by atoms with Gasteiger partial charge in [0, 0.05) is 12.5 Å². The molecule has 6 heteroatoms. The van der Waals surface area contributed by atoms with Crippen molar-refractivity contribution in [2.24, 2.45) is 10.7 Å². The lowest BCUT2D eigenvalue weighted by Gasteiger charge is -2.08. The molecule has 4 nitrogen and oxygen atoms in total. The summed E-state index contributed by atoms with van der Waals surface area (Å²) in [4.78, 5) is 4.10. The second-order valence-corrected chi connectivity index (χ2v) is 4.46. The van der Waals surface area contributed by atoms with Gasteiger partial charge in [0.05, 0.1) is 22.7 Å². The van der Waals surface area contributed by atoms with Gasteiger partial charge in [0.2, 0.25) is 0 Å². The Bertz CT molecular complexity index is 437. The fraction of sp³-hybridized carbons (Fsp3) is 0.364. The van der Waals surface area contributed by atoms with E-state index >= 15 is 0 Å². The minimum Gasteiger partial charge on any atom is -0.493 e. The minimum absolute atomic E-state index is 0.0813. The fourth-order valence-electron chi connectivity index (χ4n) is 1.46. The van der Waals surface area contributed by atoms with Crippen LogP contribution in [0.25, 0.3) is 0 Å². The summed E-state index contributed by atoms with van der Waals surface area (Å²) in [5.74, 6) is 0.690. The molecule has 0 fully saturated rings. The second-order valence-electron chi connectivity index (χ2n) is 3.65. The van der Waals surface area contributed by atoms with E-state index in [1.165, 1.54) is 0 Å². The maximum atomic E-state index is 5.87. The van der Waals surface area contributed by atoms with Gasteiger partial charge < -0.3 is 15.2 Å². The van der Waals surface area contributed by atoms with Gasteiger partial charge in [-0.2, -0.15) is 0 Å². The predicted octanol–water partition coefficient (Wildman–Crippen LogP) is 2.48. The van der Waals surface area contributed by atoms with Crippen LogP contribution in [0.3, 0.4) is 0 Å². The number of amidine groups is 1. The Labute approximate surface area is 109 Å². The molecule has 2 N–H and O–H groups in total. The first-order valence-corrected chi connectivity index (χ1v) is 5.94. The van der Waals surface area contributed by atoms with Crippen molar-refractivity contribution < 1.29 is 9.47 Å². The van der Waals surface area contributed by atoms with Gasteiger partial charge in [-0.25, -0.2) is 4.99 Å². The monoisotopic (exact) mass is 274 g/mol. The molecular formula is C11H12Cl2N2O2. The van der Waals surface area contributed by atoms with Gasteiger partial charge in [-0.3, -0.25) is 0 Å². The lowest BCUT2D eigenvalue weighted by molar-refractivity contribution is 0.263. The SMILES string of the molecule is NC1=NC(CCOc2ccc(Cl)c(Cl)c2)CO1. The number of rotatable bonds is 4. The van der Waals surface area contributed by atoms with Crippen LogP contribution < -0.4 is 10.5 Å². The van der Waals surface area contributed by atoms with Crippen LogP contribution >= 0.6 is 23.2 Å². The summed E-state index contributed by atoms with van der Waals surface area (Å²) in [5, 5.41) is 0.996. The molecule has 17 heavy (non-hydrogen) atoms. The fourth-order valence-corrected chi connectivity index (χ4v) is 1.75. The molecule has 1 heterocycles. The Morgan fingerprint density at radius 1 is 1.41 bits per heavy atom. The molecule has 1 aromatic rings. The first-order chi connectivity index (χ1) is 8.15. The highest BCUT2D eigenvalue weighted by atomic mass is 35.5. The average molecular weight is 275 g/mol. The third-order valence-corrected chi connectivity index (χ3v) is 3.08. The van der Waals surface area contributed by atoms with Crippen molar-refractivity contribution in [1.29, 1.82) is 0 Å². The zero-order valence-corrected chi connectivity index (χ0v) is 10.5. The molecule has 1 atom stereocenters. The highest BCUT2D eigenvalue weighted by Crippen LogP contribution is 2.26. The van der Waals surface area contributed by atoms with Gasteiger partial charge in [0.25, 0.3) is 6.02 Å². The van der Waals surface area contributed by atoms with Crippen molar-refractivity contribution in [1.82, 2.24) is 0 Å². The standard InChI is InChI=1S/C11H12Cl2N2O2/c12-9-2-1-8(5-10(9)13)16-4-3-7-6-17-11(14)15-7/h1-2,5,7H,3-4,6H2,(H2,14,15). The maximum Gasteiger partial charge on any atom is 0.282 e. The van der Waals surface area contributed by atoms with Crippen LogP contribution in [0.5, 0.6) is 5.75 Å². The number of nitrogens with two attached hydrogens (primary N) is 1. The van der Waals surface area contributed by atoms with E-state index in [1.54, 1.807) is 18.2 Å². The lowest BCUT2D eigenvalue weighted by Crippen LogP contribution is -2.12. The molecule has 0 aromatic heterocycles. The van der Waals surface area contributed by atoms with Crippen molar-refractivity contribution in [3.8, 4) is 5.75 Å². The smallest absolute Gasteiger partial charge is 0.282 e. The van der Waals surface area contributed by atoms with E-state index in [9.17, 15) is 0 Å². The number of aliphatic imine (C=N–C) groups is 1. The number of halogens is 2. The zero-order chi connectivity index (χ0) is 12.3. The first-order valence-electron chi connectivity index (χ1n) is 5.19. The van der Waals surface area contributed by atoms with Crippen molar-refractivity contribution in [2.75, 3.05) is 13.2 Å². The largest absolute Gasteiger partial charge is 0.493 e. The van der Waals surface area contributed by atoms with E-state index in [0.717, 1.165) is 6.42 Å². The number of benzene rings is 1. The van der Waals surface area contributed by atoms with Crippen molar-refractivity contribution in [3.63, 3.8) is 0 Å². The molecule has 1 aliphatic heterocycles. The van der Waals surface area contributed by atoms with E-state index < -0.39 is 0 Å². The molecule has 1 aromatic carbocycles. The van der Waals surface area contributed by atoms with Crippen LogP contribution in [0.15, 0.2) is 23.2 Å². The maximum absolute atomic E-state index is 5.87. The number of ether oxygens (including phenoxy) is 2. The van der Waals surface area contributed by atoms with Crippen molar-refractivity contribution in [2.45, 2.75) is 12.5 Å². The Morgan fingerprint density at radius 2 is 2.24 bits per heavy atom. The third kappa shape index (κ3) is 3.41. The summed E-state index contributed by atoms with van der Waals surface area (Å²) in [6.07, 6.45) is 0.751. The quantitative estimate of drug-likeness (QED) is 0.918. The average Bonchev–Trinajstić information content (AvgIpc) is 2.70. The number of nitrogens with zero attached hydrogens (tertiary/aromatic N) is 1. The molecule has 0 bridgehead atoms. The normalized spacial score (nSPS) is 18.7. The third-order valence-electron chi connectivity index (χ3n) is 2.34. The van der Waals surface area contributed by atoms with E-state index in [1.807, 2.05) is 0 Å². The summed E-state index contributed by atoms with van der Waals surface area (Å²) in [5.41, 5.74) is 5.40. The minimum atomic E-state index is 0.0813. The Kier molecular flexibility index (Phi) is 3.97. The van der Waals surface area contributed by atoms with Gasteiger partial charge >= 0.3 is 0 Å². The summed E-state index contributed by atoms with van der Waals surface area (Å²) < 4.78 is 10.6. The van der Waals surface area contributed by atoms with Crippen LogP contribution in [-0.4, -0.2) is 25.3 Å². The summed E-state index contributed by atoms with van der Waals surface area (Å²) >= 11 is 11.7. The van der Waals surface area contributed by atoms with Crippen LogP contribution in [-0.2, 0) is 4.74 Å². The van der Waals surface area contributed by atoms with Crippen LogP contribution in [0.4, 0.5) is 0 Å². The van der Waals surface area contributed by atoms with E-state index in [4.69, 9.17) is 38.4 Å². The lowest BCUT2D eigenvalue weighted by atomic mass is 10.2. The summed E-state index contributed by atoms with van der Waals surface area (Å²) in [6, 6.07) is 5.50. The molecule has 0 aliphatic carbocycles. The number of hydrogen-bond donors (Lipinski definition) is 1. The first kappa shape index (κ1) is 12.3. The zero-order valence-electron chi connectivity index (χ0n) is 9.03. The Balaban J connectivity index is 1.80. The van der Waals surface area contributed by atoms with Crippen molar-refractivity contribution >= 4 is 29.2 Å². The Hall–Kier alpha value is -1.13.